The van der Waals surface area contributed by atoms with Gasteiger partial charge >= 0.3 is 0 Å². The molecule has 0 unspecified atom stereocenters. The Balaban J connectivity index is 0.899. The summed E-state index contributed by atoms with van der Waals surface area (Å²) in [5.74, 6) is 1.24. The summed E-state index contributed by atoms with van der Waals surface area (Å²) < 4.78 is 49.6. The first-order valence-corrected chi connectivity index (χ1v) is 23.2. The Labute approximate surface area is 357 Å². The van der Waals surface area contributed by atoms with E-state index in [9.17, 15) is 46.0 Å². The maximum Gasteiger partial charge on any atom is 0.187 e. The van der Waals surface area contributed by atoms with Crippen molar-refractivity contribution in [1.82, 2.24) is 0 Å². The van der Waals surface area contributed by atoms with Gasteiger partial charge in [0.15, 0.2) is 24.7 Å². The van der Waals surface area contributed by atoms with Gasteiger partial charge in [-0.1, -0.05) is 27.7 Å². The Kier molecular flexibility index (Phi) is 12.4. The van der Waals surface area contributed by atoms with Crippen molar-refractivity contribution in [2.75, 3.05) is 19.8 Å². The molecule has 17 nitrogen and oxygen atoms in total. The molecule has 1 spiro atoms. The zero-order chi connectivity index (χ0) is 43.6. The summed E-state index contributed by atoms with van der Waals surface area (Å²) in [6.07, 6.45) is -12.1. The van der Waals surface area contributed by atoms with Gasteiger partial charge in [-0.05, 0) is 99.7 Å². The summed E-state index contributed by atoms with van der Waals surface area (Å²) in [5, 5.41) is 98.0. The molecule has 9 rings (SSSR count). The van der Waals surface area contributed by atoms with Gasteiger partial charge in [0.2, 0.25) is 0 Å². The van der Waals surface area contributed by atoms with Gasteiger partial charge in [-0.15, -0.1) is 0 Å². The van der Waals surface area contributed by atoms with Gasteiger partial charge in [0.1, 0.15) is 66.6 Å². The van der Waals surface area contributed by atoms with E-state index in [4.69, 9.17) is 37.9 Å². The molecule has 4 aliphatic carbocycles. The highest BCUT2D eigenvalue weighted by Gasteiger charge is 2.76. The number of ether oxygens (including phenoxy) is 8. The van der Waals surface area contributed by atoms with Gasteiger partial charge in [-0.25, -0.2) is 0 Å². The van der Waals surface area contributed by atoms with Crippen molar-refractivity contribution in [2.24, 2.45) is 46.3 Å². The maximum absolute atomic E-state index is 12.8. The quantitative estimate of drug-likeness (QED) is 0.153. The first-order chi connectivity index (χ1) is 28.9. The molecule has 0 aromatic rings. The second kappa shape index (κ2) is 16.6. The van der Waals surface area contributed by atoms with Gasteiger partial charge in [0, 0.05) is 17.8 Å². The molecule has 350 valence electrons. The van der Waals surface area contributed by atoms with Crippen LogP contribution in [0.5, 0.6) is 0 Å². The largest absolute Gasteiger partial charge is 0.394 e. The lowest BCUT2D eigenvalue weighted by Crippen LogP contribution is -2.66. The molecule has 9 fully saturated rings. The molecule has 5 aliphatic heterocycles. The van der Waals surface area contributed by atoms with Crippen molar-refractivity contribution in [1.29, 1.82) is 0 Å². The Hall–Kier alpha value is -0.680. The number of aliphatic hydroxyl groups is 9. The second-order valence-electron chi connectivity index (χ2n) is 21.2. The summed E-state index contributed by atoms with van der Waals surface area (Å²) in [5.41, 5.74) is -1.20. The summed E-state index contributed by atoms with van der Waals surface area (Å²) in [4.78, 5) is 0. The Morgan fingerprint density at radius 2 is 1.39 bits per heavy atom. The Morgan fingerprint density at radius 1 is 0.656 bits per heavy atom. The minimum atomic E-state index is -1.71. The monoisotopic (exact) mass is 872 g/mol. The van der Waals surface area contributed by atoms with Gasteiger partial charge in [0.05, 0.1) is 38.1 Å². The van der Waals surface area contributed by atoms with Crippen LogP contribution in [0.15, 0.2) is 0 Å². The van der Waals surface area contributed by atoms with Crippen molar-refractivity contribution in [3.8, 4) is 0 Å². The lowest BCUT2D eigenvalue weighted by atomic mass is 9.44. The second-order valence-corrected chi connectivity index (χ2v) is 21.2. The van der Waals surface area contributed by atoms with Gasteiger partial charge in [-0.3, -0.25) is 0 Å². The Morgan fingerprint density at radius 3 is 2.11 bits per heavy atom. The van der Waals surface area contributed by atoms with E-state index in [-0.39, 0.29) is 35.6 Å². The van der Waals surface area contributed by atoms with E-state index >= 15 is 0 Å². The van der Waals surface area contributed by atoms with E-state index < -0.39 is 104 Å². The minimum Gasteiger partial charge on any atom is -0.394 e. The molecule has 26 atom stereocenters. The number of fused-ring (bicyclic) bond motifs is 7. The normalized spacial score (nSPS) is 59.7. The van der Waals surface area contributed by atoms with E-state index in [1.54, 1.807) is 0 Å². The fraction of sp³-hybridized carbons (Fsp3) is 1.00. The number of hydrogen-bond donors (Lipinski definition) is 9. The zero-order valence-electron chi connectivity index (χ0n) is 36.2. The molecule has 0 aromatic heterocycles. The first-order valence-electron chi connectivity index (χ1n) is 23.2. The third-order valence-electron chi connectivity index (χ3n) is 18.1. The standard InChI is InChI=1S/C44H72O17/c1-19-8-13-43(55-17-19)21(3)44(53)29(61-43)15-26-24-7-6-22-14-23(9-11-41(22,4)25(24)10-12-42(26,44)5)57-40-37(60-38-33(50)31(48)27(46)18-54-38)35(52)36(28(16-45)58-40)59-39-34(51)32(49)30(47)20(2)56-39/h19-40,45-53H,6-18H2,1-5H3/t19-,20-,21+,22+,23-,24+,25-,26-,27+,28+,29-,30-,31-,32+,33+,34+,35-,36+,37+,38-,39-,40+,41-,42-,43+,44+/m0/s1. The fourth-order valence-corrected chi connectivity index (χ4v) is 14.3. The van der Waals surface area contributed by atoms with Crippen LogP contribution in [0.1, 0.15) is 98.8 Å². The van der Waals surface area contributed by atoms with Crippen LogP contribution in [0.4, 0.5) is 0 Å². The maximum atomic E-state index is 12.8. The summed E-state index contributed by atoms with van der Waals surface area (Å²) in [7, 11) is 0. The lowest BCUT2D eigenvalue weighted by Gasteiger charge is -2.62. The number of aliphatic hydroxyl groups excluding tert-OH is 8. The average molecular weight is 873 g/mol. The lowest BCUT2D eigenvalue weighted by molar-refractivity contribution is -0.385. The molecule has 17 heteroatoms. The molecular formula is C44H72O17. The summed E-state index contributed by atoms with van der Waals surface area (Å²) >= 11 is 0. The molecule has 9 N–H and O–H groups in total. The summed E-state index contributed by atoms with van der Waals surface area (Å²) in [6.45, 7) is 10.3. The van der Waals surface area contributed by atoms with Crippen LogP contribution in [0, 0.1) is 46.3 Å². The molecule has 0 aromatic carbocycles. The van der Waals surface area contributed by atoms with Gasteiger partial charge < -0.3 is 83.9 Å². The highest BCUT2D eigenvalue weighted by atomic mass is 16.8. The SMILES string of the molecule is C[C@H]1CC[C@@]2(OC1)O[C@H]1C[C@H]3[C@@H]4CC[C@@H]5C[C@@H](O[C@@H]6O[C@H](CO)[C@@H](O[C@@H]7O[C@@H](C)[C@H](O)[C@@H](O)[C@H]7O)[C@H](O)[C@H]6O[C@@H]6OC[C@@H](O)[C@H](O)[C@H]6O)CC[C@]5(C)[C@H]4CC[C@]3(C)[C@@]1(O)[C@@H]2C. The van der Waals surface area contributed by atoms with E-state index in [1.165, 1.54) is 6.92 Å². The Bertz CT molecular complexity index is 1550. The molecule has 4 saturated carbocycles. The molecule has 0 amide bonds. The van der Waals surface area contributed by atoms with Crippen LogP contribution in [-0.4, -0.2) is 175 Å². The zero-order valence-corrected chi connectivity index (χ0v) is 36.2. The number of rotatable bonds is 7. The molecule has 5 saturated heterocycles. The van der Waals surface area contributed by atoms with Crippen molar-refractivity contribution < 1.29 is 83.9 Å². The average Bonchev–Trinajstić information content (AvgIpc) is 3.59. The van der Waals surface area contributed by atoms with Crippen LogP contribution in [0.25, 0.3) is 0 Å². The predicted molar refractivity (Wildman–Crippen MR) is 210 cm³/mol. The third kappa shape index (κ3) is 7.13. The van der Waals surface area contributed by atoms with Crippen LogP contribution in [0.2, 0.25) is 0 Å². The van der Waals surface area contributed by atoms with Crippen molar-refractivity contribution in [3.05, 3.63) is 0 Å². The molecule has 9 aliphatic rings. The highest BCUT2D eigenvalue weighted by molar-refractivity contribution is 5.23. The van der Waals surface area contributed by atoms with E-state index in [0.717, 1.165) is 51.4 Å². The smallest absolute Gasteiger partial charge is 0.187 e. The molecule has 0 bridgehead atoms. The third-order valence-corrected chi connectivity index (χ3v) is 18.1. The van der Waals surface area contributed by atoms with Crippen LogP contribution in [0.3, 0.4) is 0 Å². The molecular weight excluding hydrogens is 800 g/mol. The fourth-order valence-electron chi connectivity index (χ4n) is 14.3. The van der Waals surface area contributed by atoms with Crippen LogP contribution < -0.4 is 0 Å². The topological polar surface area (TPSA) is 256 Å². The predicted octanol–water partition coefficient (Wildman–Crippen LogP) is 0.0480. The van der Waals surface area contributed by atoms with Crippen molar-refractivity contribution >= 4 is 0 Å². The van der Waals surface area contributed by atoms with Gasteiger partial charge in [-0.2, -0.15) is 0 Å². The molecule has 61 heavy (non-hydrogen) atoms. The van der Waals surface area contributed by atoms with E-state index in [1.807, 2.05) is 0 Å². The van der Waals surface area contributed by atoms with Crippen LogP contribution >= 0.6 is 0 Å². The van der Waals surface area contributed by atoms with Crippen molar-refractivity contribution in [3.63, 3.8) is 0 Å². The minimum absolute atomic E-state index is 0.0310. The summed E-state index contributed by atoms with van der Waals surface area (Å²) in [6, 6.07) is 0. The first kappa shape index (κ1) is 45.5. The number of hydrogen-bond acceptors (Lipinski definition) is 17. The van der Waals surface area contributed by atoms with E-state index in [0.29, 0.717) is 49.0 Å². The van der Waals surface area contributed by atoms with Gasteiger partial charge in [0.25, 0.3) is 0 Å². The van der Waals surface area contributed by atoms with Crippen molar-refractivity contribution in [2.45, 2.75) is 208 Å². The molecule has 5 heterocycles. The van der Waals surface area contributed by atoms with Crippen LogP contribution in [-0.2, 0) is 37.9 Å². The highest BCUT2D eigenvalue weighted by Crippen LogP contribution is 2.72. The molecule has 0 radical (unpaired) electrons. The van der Waals surface area contributed by atoms with E-state index in [2.05, 4.69) is 27.7 Å².